The summed E-state index contributed by atoms with van der Waals surface area (Å²) in [5.74, 6) is 0.724. The van der Waals surface area contributed by atoms with Crippen molar-refractivity contribution in [1.82, 2.24) is 0 Å². The second-order valence-electron chi connectivity index (χ2n) is 4.21. The minimum atomic E-state index is 0.277. The lowest BCUT2D eigenvalue weighted by molar-refractivity contribution is -0.120. The molecule has 1 aliphatic rings. The quantitative estimate of drug-likeness (QED) is 0.732. The summed E-state index contributed by atoms with van der Waals surface area (Å²) in [4.78, 5) is 11.5. The van der Waals surface area contributed by atoms with Gasteiger partial charge in [-0.1, -0.05) is 36.9 Å². The van der Waals surface area contributed by atoms with Crippen molar-refractivity contribution in [1.29, 1.82) is 0 Å². The smallest absolute Gasteiger partial charge is 0.136 e. The largest absolute Gasteiger partial charge is 0.299 e. The van der Waals surface area contributed by atoms with Crippen LogP contribution in [0.3, 0.4) is 0 Å². The van der Waals surface area contributed by atoms with Gasteiger partial charge in [0.15, 0.2) is 0 Å². The van der Waals surface area contributed by atoms with Gasteiger partial charge in [-0.2, -0.15) is 0 Å². The van der Waals surface area contributed by atoms with E-state index in [9.17, 15) is 4.79 Å². The Kier molecular flexibility index (Phi) is 3.00. The van der Waals surface area contributed by atoms with E-state index in [0.717, 1.165) is 31.2 Å². The topological polar surface area (TPSA) is 17.1 Å². The number of ketones is 1. The lowest BCUT2D eigenvalue weighted by atomic mass is 9.96. The van der Waals surface area contributed by atoms with Crippen molar-refractivity contribution in [2.75, 3.05) is 0 Å². The van der Waals surface area contributed by atoms with Crippen LogP contribution in [0.1, 0.15) is 30.4 Å². The molecule has 1 nitrogen and oxygen atoms in total. The first kappa shape index (κ1) is 10.2. The number of benzene rings is 1. The molecule has 1 unspecified atom stereocenters. The highest BCUT2D eigenvalue weighted by Crippen LogP contribution is 2.25. The Balaban J connectivity index is 2.04. The molecule has 0 bridgehead atoms. The molecule has 2 rings (SSSR count). The maximum Gasteiger partial charge on any atom is 0.136 e. The van der Waals surface area contributed by atoms with Gasteiger partial charge in [-0.25, -0.2) is 0 Å². The minimum absolute atomic E-state index is 0.277. The van der Waals surface area contributed by atoms with Crippen LogP contribution >= 0.6 is 0 Å². The standard InChI is InChI=1S/C14H16O/c1-2-11-6-8-12(9-7-11)10-13-4-3-5-14(13)15/h2,6-9,13H,1,3-5,10H2. The lowest BCUT2D eigenvalue weighted by Crippen LogP contribution is -2.09. The van der Waals surface area contributed by atoms with E-state index >= 15 is 0 Å². The highest BCUT2D eigenvalue weighted by molar-refractivity contribution is 5.83. The minimum Gasteiger partial charge on any atom is -0.299 e. The fraction of sp³-hybridized carbons (Fsp3) is 0.357. The molecule has 1 heteroatoms. The molecule has 0 heterocycles. The first-order valence-corrected chi connectivity index (χ1v) is 5.53. The Hall–Kier alpha value is -1.37. The van der Waals surface area contributed by atoms with Crippen molar-refractivity contribution >= 4 is 11.9 Å². The molecule has 0 amide bonds. The van der Waals surface area contributed by atoms with Crippen molar-refractivity contribution in [2.45, 2.75) is 25.7 Å². The van der Waals surface area contributed by atoms with E-state index in [4.69, 9.17) is 0 Å². The summed E-state index contributed by atoms with van der Waals surface area (Å²) in [5.41, 5.74) is 2.40. The van der Waals surface area contributed by atoms with E-state index in [0.29, 0.717) is 5.78 Å². The maximum atomic E-state index is 11.5. The van der Waals surface area contributed by atoms with E-state index in [1.165, 1.54) is 5.56 Å². The van der Waals surface area contributed by atoms with Crippen LogP contribution in [0.5, 0.6) is 0 Å². The molecule has 1 atom stereocenters. The van der Waals surface area contributed by atoms with Crippen LogP contribution in [0.25, 0.3) is 6.08 Å². The number of carbonyl (C=O) groups excluding carboxylic acids is 1. The first-order valence-electron chi connectivity index (χ1n) is 5.53. The van der Waals surface area contributed by atoms with Gasteiger partial charge in [-0.15, -0.1) is 0 Å². The number of hydrogen-bond acceptors (Lipinski definition) is 1. The van der Waals surface area contributed by atoms with E-state index < -0.39 is 0 Å². The molecule has 1 aliphatic carbocycles. The van der Waals surface area contributed by atoms with Gasteiger partial charge in [0.05, 0.1) is 0 Å². The van der Waals surface area contributed by atoms with Crippen molar-refractivity contribution < 1.29 is 4.79 Å². The van der Waals surface area contributed by atoms with Crippen molar-refractivity contribution in [2.24, 2.45) is 5.92 Å². The fourth-order valence-corrected chi connectivity index (χ4v) is 2.18. The Labute approximate surface area is 90.8 Å². The molecule has 0 N–H and O–H groups in total. The molecule has 1 aromatic rings. The van der Waals surface area contributed by atoms with E-state index in [2.05, 4.69) is 30.8 Å². The van der Waals surface area contributed by atoms with Crippen LogP contribution in [0, 0.1) is 5.92 Å². The summed E-state index contributed by atoms with van der Waals surface area (Å²) in [6.07, 6.45) is 5.69. The molecule has 0 saturated heterocycles. The van der Waals surface area contributed by atoms with Crippen molar-refractivity contribution in [3.63, 3.8) is 0 Å². The molecule has 0 radical (unpaired) electrons. The predicted molar refractivity (Wildman–Crippen MR) is 62.6 cm³/mol. The van der Waals surface area contributed by atoms with Gasteiger partial charge < -0.3 is 0 Å². The van der Waals surface area contributed by atoms with Crippen LogP contribution in [0.2, 0.25) is 0 Å². The highest BCUT2D eigenvalue weighted by atomic mass is 16.1. The first-order chi connectivity index (χ1) is 7.29. The van der Waals surface area contributed by atoms with Crippen molar-refractivity contribution in [3.05, 3.63) is 42.0 Å². The third-order valence-electron chi connectivity index (χ3n) is 3.13. The molecule has 15 heavy (non-hydrogen) atoms. The van der Waals surface area contributed by atoms with Gasteiger partial charge in [0.2, 0.25) is 0 Å². The Bertz CT molecular complexity index is 361. The molecule has 1 saturated carbocycles. The van der Waals surface area contributed by atoms with E-state index in [1.807, 2.05) is 6.08 Å². The zero-order valence-corrected chi connectivity index (χ0v) is 8.91. The highest BCUT2D eigenvalue weighted by Gasteiger charge is 2.24. The molecule has 78 valence electrons. The van der Waals surface area contributed by atoms with Crippen LogP contribution < -0.4 is 0 Å². The number of carbonyl (C=O) groups is 1. The Morgan fingerprint density at radius 2 is 2.07 bits per heavy atom. The SMILES string of the molecule is C=Cc1ccc(CC2CCCC2=O)cc1. The van der Waals surface area contributed by atoms with Crippen LogP contribution in [-0.2, 0) is 11.2 Å². The summed E-state index contributed by atoms with van der Waals surface area (Å²) in [7, 11) is 0. The molecule has 0 aliphatic heterocycles. The zero-order chi connectivity index (χ0) is 10.7. The maximum absolute atomic E-state index is 11.5. The summed E-state index contributed by atoms with van der Waals surface area (Å²) >= 11 is 0. The third-order valence-corrected chi connectivity index (χ3v) is 3.13. The second-order valence-corrected chi connectivity index (χ2v) is 4.21. The zero-order valence-electron chi connectivity index (χ0n) is 8.91. The van der Waals surface area contributed by atoms with Crippen LogP contribution in [0.15, 0.2) is 30.8 Å². The monoisotopic (exact) mass is 200 g/mol. The molecule has 0 spiro atoms. The summed E-state index contributed by atoms with van der Waals surface area (Å²) in [6, 6.07) is 8.31. The molecular formula is C14H16O. The molecule has 0 aromatic heterocycles. The van der Waals surface area contributed by atoms with Gasteiger partial charge in [-0.05, 0) is 30.4 Å². The van der Waals surface area contributed by atoms with Crippen molar-refractivity contribution in [3.8, 4) is 0 Å². The second kappa shape index (κ2) is 4.43. The summed E-state index contributed by atoms with van der Waals surface area (Å²) < 4.78 is 0. The Morgan fingerprint density at radius 3 is 2.60 bits per heavy atom. The number of hydrogen-bond donors (Lipinski definition) is 0. The molecule has 1 aromatic carbocycles. The van der Waals surface area contributed by atoms with E-state index in [-0.39, 0.29) is 5.92 Å². The summed E-state index contributed by atoms with van der Waals surface area (Å²) in [6.45, 7) is 3.72. The van der Waals surface area contributed by atoms with Gasteiger partial charge in [0.25, 0.3) is 0 Å². The molecular weight excluding hydrogens is 184 g/mol. The van der Waals surface area contributed by atoms with Gasteiger partial charge in [0, 0.05) is 12.3 Å². The fourth-order valence-electron chi connectivity index (χ4n) is 2.18. The predicted octanol–water partition coefficient (Wildman–Crippen LogP) is 3.24. The normalized spacial score (nSPS) is 20.5. The van der Waals surface area contributed by atoms with E-state index in [1.54, 1.807) is 0 Å². The van der Waals surface area contributed by atoms with Gasteiger partial charge in [-0.3, -0.25) is 4.79 Å². The van der Waals surface area contributed by atoms with Crippen LogP contribution in [0.4, 0.5) is 0 Å². The average Bonchev–Trinajstić information content (AvgIpc) is 2.66. The van der Waals surface area contributed by atoms with Gasteiger partial charge in [0.1, 0.15) is 5.78 Å². The number of Topliss-reactive ketones (excluding diaryl/α,β-unsaturated/α-hetero) is 1. The summed E-state index contributed by atoms with van der Waals surface area (Å²) in [5, 5.41) is 0. The molecule has 1 fully saturated rings. The number of rotatable bonds is 3. The van der Waals surface area contributed by atoms with Gasteiger partial charge >= 0.3 is 0 Å². The average molecular weight is 200 g/mol. The third kappa shape index (κ3) is 2.35. The van der Waals surface area contributed by atoms with Crippen LogP contribution in [-0.4, -0.2) is 5.78 Å². The lowest BCUT2D eigenvalue weighted by Gasteiger charge is -2.07. The Morgan fingerprint density at radius 1 is 1.33 bits per heavy atom.